The van der Waals surface area contributed by atoms with E-state index in [9.17, 15) is 0 Å². The molecular formula is C10H17N3. The molecule has 1 aliphatic heterocycles. The van der Waals surface area contributed by atoms with Crippen LogP contribution in [0.4, 0.5) is 0 Å². The minimum absolute atomic E-state index is 0.851. The average Bonchev–Trinajstić information content (AvgIpc) is 2.57. The van der Waals surface area contributed by atoms with Gasteiger partial charge in [-0.25, -0.2) is 4.98 Å². The van der Waals surface area contributed by atoms with Gasteiger partial charge in [0, 0.05) is 18.9 Å². The second-order valence-electron chi connectivity index (χ2n) is 4.02. The number of nitrogens with one attached hydrogen (secondary N) is 1. The number of H-pyrrole nitrogens is 1. The Labute approximate surface area is 79.2 Å². The maximum Gasteiger partial charge on any atom is 0.120 e. The van der Waals surface area contributed by atoms with E-state index in [4.69, 9.17) is 0 Å². The largest absolute Gasteiger partial charge is 0.348 e. The van der Waals surface area contributed by atoms with E-state index in [1.54, 1.807) is 0 Å². The fourth-order valence-electron chi connectivity index (χ4n) is 2.03. The summed E-state index contributed by atoms with van der Waals surface area (Å²) in [6, 6.07) is 0. The maximum atomic E-state index is 4.24. The minimum Gasteiger partial charge on any atom is -0.348 e. The van der Waals surface area contributed by atoms with Crippen LogP contribution >= 0.6 is 0 Å². The van der Waals surface area contributed by atoms with Crippen molar-refractivity contribution in [2.75, 3.05) is 13.1 Å². The predicted octanol–water partition coefficient (Wildman–Crippen LogP) is 1.64. The van der Waals surface area contributed by atoms with Crippen molar-refractivity contribution in [2.45, 2.75) is 26.3 Å². The van der Waals surface area contributed by atoms with Gasteiger partial charge >= 0.3 is 0 Å². The molecule has 0 aromatic carbocycles. The molecule has 1 aromatic heterocycles. The summed E-state index contributed by atoms with van der Waals surface area (Å²) in [5.41, 5.74) is 0. The van der Waals surface area contributed by atoms with E-state index < -0.39 is 0 Å². The van der Waals surface area contributed by atoms with Crippen LogP contribution in [-0.2, 0) is 6.54 Å². The Hall–Kier alpha value is -0.830. The van der Waals surface area contributed by atoms with Crippen LogP contribution in [0, 0.1) is 5.92 Å². The summed E-state index contributed by atoms with van der Waals surface area (Å²) in [7, 11) is 0. The van der Waals surface area contributed by atoms with Crippen LogP contribution in [0.25, 0.3) is 0 Å². The van der Waals surface area contributed by atoms with Crippen LogP contribution in [0.3, 0.4) is 0 Å². The summed E-state index contributed by atoms with van der Waals surface area (Å²) in [6.07, 6.45) is 6.43. The van der Waals surface area contributed by atoms with Gasteiger partial charge in [-0.05, 0) is 25.3 Å². The lowest BCUT2D eigenvalue weighted by atomic mass is 10.0. The first-order valence-corrected chi connectivity index (χ1v) is 5.05. The molecule has 0 saturated carbocycles. The lowest BCUT2D eigenvalue weighted by Crippen LogP contribution is -2.34. The summed E-state index contributed by atoms with van der Waals surface area (Å²) in [5.74, 6) is 1.94. The number of rotatable bonds is 2. The van der Waals surface area contributed by atoms with E-state index in [0.29, 0.717) is 0 Å². The van der Waals surface area contributed by atoms with E-state index in [1.807, 2.05) is 12.4 Å². The lowest BCUT2D eigenvalue weighted by molar-refractivity contribution is 0.173. The first-order chi connectivity index (χ1) is 6.34. The number of likely N-dealkylation sites (tertiary alicyclic amines) is 1. The SMILES string of the molecule is CC1CCCN(Cc2ncc[nH]2)C1. The highest BCUT2D eigenvalue weighted by Gasteiger charge is 2.16. The van der Waals surface area contributed by atoms with Crippen molar-refractivity contribution in [3.63, 3.8) is 0 Å². The maximum absolute atomic E-state index is 4.24. The first kappa shape index (κ1) is 8.75. The number of imidazole rings is 1. The van der Waals surface area contributed by atoms with Crippen molar-refractivity contribution in [2.24, 2.45) is 5.92 Å². The summed E-state index contributed by atoms with van der Waals surface area (Å²) < 4.78 is 0. The molecule has 0 radical (unpaired) electrons. The zero-order valence-electron chi connectivity index (χ0n) is 8.16. The Morgan fingerprint density at radius 3 is 3.31 bits per heavy atom. The van der Waals surface area contributed by atoms with Crippen LogP contribution in [0.1, 0.15) is 25.6 Å². The third-order valence-corrected chi connectivity index (χ3v) is 2.67. The predicted molar refractivity (Wildman–Crippen MR) is 52.3 cm³/mol. The van der Waals surface area contributed by atoms with Crippen molar-refractivity contribution >= 4 is 0 Å². The topological polar surface area (TPSA) is 31.9 Å². The molecule has 0 aliphatic carbocycles. The fraction of sp³-hybridized carbons (Fsp3) is 0.700. The van der Waals surface area contributed by atoms with Crippen molar-refractivity contribution < 1.29 is 0 Å². The van der Waals surface area contributed by atoms with Crippen LogP contribution in [-0.4, -0.2) is 28.0 Å². The standard InChI is InChI=1S/C10H17N3/c1-9-3-2-6-13(7-9)8-10-11-4-5-12-10/h4-5,9H,2-3,6-8H2,1H3,(H,11,12). The Morgan fingerprint density at radius 1 is 1.69 bits per heavy atom. The average molecular weight is 179 g/mol. The van der Waals surface area contributed by atoms with Gasteiger partial charge in [-0.2, -0.15) is 0 Å². The third-order valence-electron chi connectivity index (χ3n) is 2.67. The third kappa shape index (κ3) is 2.31. The van der Waals surface area contributed by atoms with E-state index in [-0.39, 0.29) is 0 Å². The first-order valence-electron chi connectivity index (χ1n) is 5.05. The fourth-order valence-corrected chi connectivity index (χ4v) is 2.03. The Bertz CT molecular complexity index is 243. The van der Waals surface area contributed by atoms with E-state index in [0.717, 1.165) is 18.3 Å². The number of aromatic nitrogens is 2. The highest BCUT2D eigenvalue weighted by molar-refractivity contribution is 4.87. The van der Waals surface area contributed by atoms with Gasteiger partial charge in [0.2, 0.25) is 0 Å². The molecule has 0 spiro atoms. The van der Waals surface area contributed by atoms with Gasteiger partial charge in [-0.15, -0.1) is 0 Å². The molecule has 3 nitrogen and oxygen atoms in total. The van der Waals surface area contributed by atoms with Gasteiger partial charge in [0.15, 0.2) is 0 Å². The number of hydrogen-bond acceptors (Lipinski definition) is 2. The molecule has 72 valence electrons. The van der Waals surface area contributed by atoms with Crippen molar-refractivity contribution in [1.29, 1.82) is 0 Å². The van der Waals surface area contributed by atoms with Gasteiger partial charge < -0.3 is 4.98 Å². The lowest BCUT2D eigenvalue weighted by Gasteiger charge is -2.29. The molecule has 1 atom stereocenters. The molecule has 1 aromatic rings. The Kier molecular flexibility index (Phi) is 2.64. The second-order valence-corrected chi connectivity index (χ2v) is 4.02. The van der Waals surface area contributed by atoms with Crippen LogP contribution < -0.4 is 0 Å². The summed E-state index contributed by atoms with van der Waals surface area (Å²) in [6.45, 7) is 5.76. The van der Waals surface area contributed by atoms with Crippen LogP contribution in [0.2, 0.25) is 0 Å². The molecule has 0 amide bonds. The summed E-state index contributed by atoms with van der Waals surface area (Å²) >= 11 is 0. The number of aromatic amines is 1. The smallest absolute Gasteiger partial charge is 0.120 e. The molecule has 2 heterocycles. The van der Waals surface area contributed by atoms with Crippen molar-refractivity contribution in [3.05, 3.63) is 18.2 Å². The molecule has 1 aliphatic rings. The minimum atomic E-state index is 0.851. The van der Waals surface area contributed by atoms with Gasteiger partial charge in [-0.3, -0.25) is 4.90 Å². The van der Waals surface area contributed by atoms with Crippen molar-refractivity contribution in [1.82, 2.24) is 14.9 Å². The second kappa shape index (κ2) is 3.92. The normalized spacial score (nSPS) is 24.8. The number of piperidine rings is 1. The molecular weight excluding hydrogens is 162 g/mol. The molecule has 13 heavy (non-hydrogen) atoms. The Morgan fingerprint density at radius 2 is 2.62 bits per heavy atom. The van der Waals surface area contributed by atoms with Gasteiger partial charge in [0.25, 0.3) is 0 Å². The highest BCUT2D eigenvalue weighted by atomic mass is 15.2. The molecule has 3 heteroatoms. The number of hydrogen-bond donors (Lipinski definition) is 1. The quantitative estimate of drug-likeness (QED) is 0.748. The molecule has 1 fully saturated rings. The number of nitrogens with zero attached hydrogens (tertiary/aromatic N) is 2. The molecule has 1 N–H and O–H groups in total. The Balaban J connectivity index is 1.87. The monoisotopic (exact) mass is 179 g/mol. The summed E-state index contributed by atoms with van der Waals surface area (Å²) in [4.78, 5) is 9.86. The molecule has 1 unspecified atom stereocenters. The van der Waals surface area contributed by atoms with Crippen LogP contribution in [0.15, 0.2) is 12.4 Å². The van der Waals surface area contributed by atoms with Gasteiger partial charge in [-0.1, -0.05) is 6.92 Å². The molecule has 0 bridgehead atoms. The van der Waals surface area contributed by atoms with Gasteiger partial charge in [0.1, 0.15) is 5.82 Å². The summed E-state index contributed by atoms with van der Waals surface area (Å²) in [5, 5.41) is 0. The zero-order valence-corrected chi connectivity index (χ0v) is 8.16. The van der Waals surface area contributed by atoms with Crippen molar-refractivity contribution in [3.8, 4) is 0 Å². The molecule has 1 saturated heterocycles. The molecule has 2 rings (SSSR count). The van der Waals surface area contributed by atoms with Crippen LogP contribution in [0.5, 0.6) is 0 Å². The van der Waals surface area contributed by atoms with E-state index in [2.05, 4.69) is 21.8 Å². The van der Waals surface area contributed by atoms with E-state index >= 15 is 0 Å². The highest BCUT2D eigenvalue weighted by Crippen LogP contribution is 2.16. The van der Waals surface area contributed by atoms with E-state index in [1.165, 1.54) is 25.9 Å². The zero-order chi connectivity index (χ0) is 9.10. The van der Waals surface area contributed by atoms with Gasteiger partial charge in [0.05, 0.1) is 6.54 Å².